The summed E-state index contributed by atoms with van der Waals surface area (Å²) in [4.78, 5) is 0. The van der Waals surface area contributed by atoms with Gasteiger partial charge < -0.3 is 5.32 Å². The van der Waals surface area contributed by atoms with E-state index in [-0.39, 0.29) is 0 Å². The maximum atomic E-state index is 11.9. The molecule has 0 aliphatic carbocycles. The second kappa shape index (κ2) is 9.17. The summed E-state index contributed by atoms with van der Waals surface area (Å²) >= 11 is 0. The molecule has 1 N–H and O–H groups in total. The van der Waals surface area contributed by atoms with E-state index >= 15 is 0 Å². The number of hydrogen-bond acceptors (Lipinski definition) is 2. The molecule has 3 atom stereocenters. The highest BCUT2D eigenvalue weighted by Gasteiger charge is 2.14. The van der Waals surface area contributed by atoms with Crippen LogP contribution in [0.1, 0.15) is 53.9 Å². The van der Waals surface area contributed by atoms with Crippen molar-refractivity contribution in [2.75, 3.05) is 12.3 Å². The zero-order valence-electron chi connectivity index (χ0n) is 11.6. The van der Waals surface area contributed by atoms with Gasteiger partial charge in [0.2, 0.25) is 0 Å². The highest BCUT2D eigenvalue weighted by Crippen LogP contribution is 2.10. The monoisotopic (exact) mass is 247 g/mol. The Hall–Kier alpha value is 0.110. The fourth-order valence-corrected chi connectivity index (χ4v) is 2.94. The lowest BCUT2D eigenvalue weighted by Gasteiger charge is -2.16. The predicted molar refractivity (Wildman–Crippen MR) is 74.3 cm³/mol. The average Bonchev–Trinajstić information content (AvgIpc) is 2.24. The summed E-state index contributed by atoms with van der Waals surface area (Å²) in [7, 11) is -0.645. The van der Waals surface area contributed by atoms with Crippen LogP contribution >= 0.6 is 0 Å². The average molecular weight is 247 g/mol. The zero-order chi connectivity index (χ0) is 12.6. The normalized spacial score (nSPS) is 17.4. The third kappa shape index (κ3) is 7.39. The van der Waals surface area contributed by atoms with Gasteiger partial charge in [-0.05, 0) is 38.6 Å². The largest absolute Gasteiger partial charge is 0.314 e. The highest BCUT2D eigenvalue weighted by molar-refractivity contribution is 7.85. The molecule has 0 spiro atoms. The van der Waals surface area contributed by atoms with E-state index in [0.717, 1.165) is 25.1 Å². The van der Waals surface area contributed by atoms with E-state index in [1.54, 1.807) is 0 Å². The second-order valence-corrected chi connectivity index (χ2v) is 6.94. The van der Waals surface area contributed by atoms with Crippen molar-refractivity contribution in [1.82, 2.24) is 5.32 Å². The van der Waals surface area contributed by atoms with E-state index in [1.165, 1.54) is 6.42 Å². The van der Waals surface area contributed by atoms with Gasteiger partial charge in [0, 0.05) is 27.8 Å². The van der Waals surface area contributed by atoms with E-state index in [1.807, 2.05) is 0 Å². The van der Waals surface area contributed by atoms with Crippen LogP contribution in [0.3, 0.4) is 0 Å². The molecular formula is C13H29NOS. The quantitative estimate of drug-likeness (QED) is 0.679. The predicted octanol–water partition coefficient (Wildman–Crippen LogP) is 2.95. The van der Waals surface area contributed by atoms with Crippen LogP contribution in [0.2, 0.25) is 0 Å². The first-order chi connectivity index (χ1) is 7.49. The van der Waals surface area contributed by atoms with Crippen molar-refractivity contribution in [3.05, 3.63) is 0 Å². The van der Waals surface area contributed by atoms with Gasteiger partial charge in [0.25, 0.3) is 0 Å². The maximum absolute atomic E-state index is 11.9. The van der Waals surface area contributed by atoms with E-state index < -0.39 is 10.8 Å². The van der Waals surface area contributed by atoms with Crippen LogP contribution in [0.4, 0.5) is 0 Å². The van der Waals surface area contributed by atoms with Gasteiger partial charge in [-0.1, -0.05) is 27.7 Å². The van der Waals surface area contributed by atoms with Crippen molar-refractivity contribution in [3.8, 4) is 0 Å². The van der Waals surface area contributed by atoms with Gasteiger partial charge in [0.15, 0.2) is 0 Å². The van der Waals surface area contributed by atoms with Gasteiger partial charge in [0.05, 0.1) is 0 Å². The lowest BCUT2D eigenvalue weighted by atomic mass is 10.2. The Morgan fingerprint density at radius 1 is 1.19 bits per heavy atom. The van der Waals surface area contributed by atoms with Crippen molar-refractivity contribution < 1.29 is 4.21 Å². The molecule has 0 saturated heterocycles. The lowest BCUT2D eigenvalue weighted by Crippen LogP contribution is -2.27. The molecule has 0 aromatic carbocycles. The minimum Gasteiger partial charge on any atom is -0.314 e. The number of nitrogens with one attached hydrogen (secondary N) is 1. The van der Waals surface area contributed by atoms with Crippen molar-refractivity contribution >= 4 is 10.8 Å². The minimum atomic E-state index is -0.645. The summed E-state index contributed by atoms with van der Waals surface area (Å²) in [5.74, 6) is 1.38. The van der Waals surface area contributed by atoms with E-state index in [4.69, 9.17) is 0 Å². The van der Waals surface area contributed by atoms with Gasteiger partial charge in [-0.25, -0.2) is 0 Å². The molecule has 0 aliphatic heterocycles. The van der Waals surface area contributed by atoms with Crippen LogP contribution in [0.25, 0.3) is 0 Å². The first kappa shape index (κ1) is 16.1. The fraction of sp³-hybridized carbons (Fsp3) is 1.00. The van der Waals surface area contributed by atoms with Crippen LogP contribution in [0, 0.1) is 5.92 Å². The van der Waals surface area contributed by atoms with Crippen LogP contribution in [0.15, 0.2) is 0 Å². The molecule has 0 aromatic heterocycles. The maximum Gasteiger partial charge on any atom is 0.0342 e. The molecule has 0 aliphatic rings. The summed E-state index contributed by atoms with van der Waals surface area (Å²) < 4.78 is 11.9. The molecule has 3 unspecified atom stereocenters. The number of hydrogen-bond donors (Lipinski definition) is 1. The minimum absolute atomic E-state index is 0.332. The topological polar surface area (TPSA) is 29.1 Å². The van der Waals surface area contributed by atoms with Crippen molar-refractivity contribution in [2.45, 2.75) is 65.2 Å². The van der Waals surface area contributed by atoms with Crippen molar-refractivity contribution in [3.63, 3.8) is 0 Å². The smallest absolute Gasteiger partial charge is 0.0342 e. The zero-order valence-corrected chi connectivity index (χ0v) is 12.4. The molecule has 3 heteroatoms. The second-order valence-electron chi connectivity index (χ2n) is 5.03. The Morgan fingerprint density at radius 2 is 1.81 bits per heavy atom. The van der Waals surface area contributed by atoms with Gasteiger partial charge in [-0.3, -0.25) is 4.21 Å². The van der Waals surface area contributed by atoms with E-state index in [0.29, 0.717) is 17.2 Å². The standard InChI is InChI=1S/C13H29NOS/c1-6-9-14-12(4)8-7-10-16(15)13(5)11(2)3/h11-14H,6-10H2,1-5H3. The van der Waals surface area contributed by atoms with E-state index in [2.05, 4.69) is 39.9 Å². The van der Waals surface area contributed by atoms with Crippen molar-refractivity contribution in [2.24, 2.45) is 5.92 Å². The highest BCUT2D eigenvalue weighted by atomic mass is 32.2. The first-order valence-electron chi connectivity index (χ1n) is 6.59. The molecule has 0 heterocycles. The molecule has 0 fully saturated rings. The van der Waals surface area contributed by atoms with Gasteiger partial charge in [-0.15, -0.1) is 0 Å². The number of rotatable bonds is 9. The Bertz CT molecular complexity index is 194. The molecule has 0 amide bonds. The summed E-state index contributed by atoms with van der Waals surface area (Å²) in [6.45, 7) is 11.9. The Morgan fingerprint density at radius 3 is 2.31 bits per heavy atom. The Balaban J connectivity index is 3.61. The van der Waals surface area contributed by atoms with Crippen LogP contribution < -0.4 is 5.32 Å². The third-order valence-corrected chi connectivity index (χ3v) is 5.14. The molecule has 0 radical (unpaired) electrons. The molecule has 0 saturated carbocycles. The fourth-order valence-electron chi connectivity index (χ4n) is 1.51. The van der Waals surface area contributed by atoms with Crippen molar-refractivity contribution in [1.29, 1.82) is 0 Å². The van der Waals surface area contributed by atoms with E-state index in [9.17, 15) is 4.21 Å². The Kier molecular flexibility index (Phi) is 9.24. The lowest BCUT2D eigenvalue weighted by molar-refractivity contribution is 0.508. The molecule has 0 aromatic rings. The molecule has 2 nitrogen and oxygen atoms in total. The van der Waals surface area contributed by atoms with Crippen LogP contribution in [0.5, 0.6) is 0 Å². The third-order valence-electron chi connectivity index (χ3n) is 3.08. The summed E-state index contributed by atoms with van der Waals surface area (Å²) in [5.41, 5.74) is 0. The SMILES string of the molecule is CCCNC(C)CCCS(=O)C(C)C(C)C. The van der Waals surface area contributed by atoms with Crippen LogP contribution in [-0.4, -0.2) is 27.8 Å². The molecule has 0 bridgehead atoms. The van der Waals surface area contributed by atoms with Crippen LogP contribution in [-0.2, 0) is 10.8 Å². The molecular weight excluding hydrogens is 218 g/mol. The van der Waals surface area contributed by atoms with Gasteiger partial charge in [0.1, 0.15) is 0 Å². The summed E-state index contributed by atoms with van der Waals surface area (Å²) in [5, 5.41) is 3.79. The van der Waals surface area contributed by atoms with Gasteiger partial charge in [-0.2, -0.15) is 0 Å². The van der Waals surface area contributed by atoms with Gasteiger partial charge >= 0.3 is 0 Å². The Labute approximate surface area is 104 Å². The molecule has 16 heavy (non-hydrogen) atoms. The summed E-state index contributed by atoms with van der Waals surface area (Å²) in [6.07, 6.45) is 3.39. The molecule has 0 rings (SSSR count). The first-order valence-corrected chi connectivity index (χ1v) is 7.97. The molecule has 98 valence electrons. The summed E-state index contributed by atoms with van der Waals surface area (Å²) in [6, 6.07) is 0.561.